The maximum Gasteiger partial charge on any atom is 0.155 e. The van der Waals surface area contributed by atoms with E-state index in [0.29, 0.717) is 13.0 Å². The summed E-state index contributed by atoms with van der Waals surface area (Å²) < 4.78 is 10.2. The van der Waals surface area contributed by atoms with E-state index in [4.69, 9.17) is 15.2 Å². The minimum absolute atomic E-state index is 0.0291. The first-order valence-electron chi connectivity index (χ1n) is 6.27. The lowest BCUT2D eigenvalue weighted by atomic mass is 10.0. The molecule has 0 fully saturated rings. The number of hydrogen-bond acceptors (Lipinski definition) is 5. The lowest BCUT2D eigenvalue weighted by Gasteiger charge is -2.14. The van der Waals surface area contributed by atoms with Crippen molar-refractivity contribution in [2.75, 3.05) is 20.8 Å². The van der Waals surface area contributed by atoms with Gasteiger partial charge in [0.05, 0.1) is 25.3 Å². The zero-order chi connectivity index (χ0) is 14.4. The van der Waals surface area contributed by atoms with E-state index < -0.39 is 6.04 Å². The second-order valence-electron chi connectivity index (χ2n) is 4.58. The van der Waals surface area contributed by atoms with E-state index in [-0.39, 0.29) is 12.2 Å². The van der Waals surface area contributed by atoms with Crippen LogP contribution < -0.4 is 10.5 Å². The van der Waals surface area contributed by atoms with Gasteiger partial charge in [-0.2, -0.15) is 0 Å². The average Bonchev–Trinajstić information content (AvgIpc) is 2.39. The summed E-state index contributed by atoms with van der Waals surface area (Å²) in [5.41, 5.74) is 8.39. The van der Waals surface area contributed by atoms with Crippen LogP contribution in [0.4, 0.5) is 0 Å². The van der Waals surface area contributed by atoms with E-state index >= 15 is 0 Å². The van der Waals surface area contributed by atoms with Crippen molar-refractivity contribution in [2.45, 2.75) is 32.7 Å². The molecule has 5 nitrogen and oxygen atoms in total. The number of carbonyl (C=O) groups is 1. The summed E-state index contributed by atoms with van der Waals surface area (Å²) in [5.74, 6) is 0.752. The van der Waals surface area contributed by atoms with Crippen molar-refractivity contribution in [3.05, 3.63) is 23.0 Å². The number of pyridine rings is 1. The number of ketones is 1. The number of rotatable bonds is 7. The molecule has 1 aromatic rings. The normalized spacial score (nSPS) is 12.3. The number of methoxy groups -OCH3 is 2. The molecule has 19 heavy (non-hydrogen) atoms. The fraction of sp³-hybridized carbons (Fsp3) is 0.571. The maximum atomic E-state index is 12.0. The molecule has 1 rings (SSSR count). The fourth-order valence-electron chi connectivity index (χ4n) is 1.95. The van der Waals surface area contributed by atoms with Crippen molar-refractivity contribution in [3.63, 3.8) is 0 Å². The number of hydrogen-bond donors (Lipinski definition) is 1. The molecular weight excluding hydrogens is 244 g/mol. The van der Waals surface area contributed by atoms with Crippen molar-refractivity contribution in [1.82, 2.24) is 4.98 Å². The molecule has 0 aromatic carbocycles. The van der Waals surface area contributed by atoms with E-state index in [1.165, 1.54) is 0 Å². The molecule has 5 heteroatoms. The molecule has 0 aliphatic rings. The van der Waals surface area contributed by atoms with Crippen LogP contribution in [0.25, 0.3) is 0 Å². The predicted octanol–water partition coefficient (Wildman–Crippen LogP) is 1.18. The van der Waals surface area contributed by atoms with Gasteiger partial charge in [0.1, 0.15) is 5.75 Å². The molecule has 1 atom stereocenters. The van der Waals surface area contributed by atoms with E-state index in [1.807, 2.05) is 13.8 Å². The highest BCUT2D eigenvalue weighted by atomic mass is 16.5. The van der Waals surface area contributed by atoms with Crippen LogP contribution in [0.15, 0.2) is 6.20 Å². The quantitative estimate of drug-likeness (QED) is 0.802. The monoisotopic (exact) mass is 266 g/mol. The summed E-state index contributed by atoms with van der Waals surface area (Å²) in [6.45, 7) is 4.31. The number of ether oxygens (including phenoxy) is 2. The van der Waals surface area contributed by atoms with E-state index in [1.54, 1.807) is 20.4 Å². The molecule has 0 saturated heterocycles. The Labute approximate surface area is 114 Å². The fourth-order valence-corrected chi connectivity index (χ4v) is 1.95. The van der Waals surface area contributed by atoms with Gasteiger partial charge in [-0.3, -0.25) is 9.78 Å². The lowest BCUT2D eigenvalue weighted by Crippen LogP contribution is -2.33. The third kappa shape index (κ3) is 4.01. The number of nitrogens with two attached hydrogens (primary N) is 1. The van der Waals surface area contributed by atoms with Crippen molar-refractivity contribution >= 4 is 5.78 Å². The van der Waals surface area contributed by atoms with Crippen LogP contribution in [-0.2, 0) is 16.0 Å². The topological polar surface area (TPSA) is 74.4 Å². The molecule has 0 aliphatic heterocycles. The predicted molar refractivity (Wildman–Crippen MR) is 73.4 cm³/mol. The molecule has 1 aromatic heterocycles. The van der Waals surface area contributed by atoms with Gasteiger partial charge in [0.2, 0.25) is 0 Å². The molecule has 0 spiro atoms. The second-order valence-corrected chi connectivity index (χ2v) is 4.58. The number of carbonyl (C=O) groups excluding carboxylic acids is 1. The molecule has 0 radical (unpaired) electrons. The minimum atomic E-state index is -0.506. The Balaban J connectivity index is 2.80. The van der Waals surface area contributed by atoms with Crippen LogP contribution >= 0.6 is 0 Å². The smallest absolute Gasteiger partial charge is 0.155 e. The van der Waals surface area contributed by atoms with Gasteiger partial charge in [-0.25, -0.2) is 0 Å². The van der Waals surface area contributed by atoms with Crippen LogP contribution in [0.5, 0.6) is 5.75 Å². The third-order valence-electron chi connectivity index (χ3n) is 3.14. The van der Waals surface area contributed by atoms with E-state index in [9.17, 15) is 4.79 Å². The van der Waals surface area contributed by atoms with Gasteiger partial charge < -0.3 is 15.2 Å². The third-order valence-corrected chi connectivity index (χ3v) is 3.14. The molecule has 1 heterocycles. The van der Waals surface area contributed by atoms with E-state index in [2.05, 4.69) is 4.98 Å². The lowest BCUT2D eigenvalue weighted by molar-refractivity contribution is -0.120. The van der Waals surface area contributed by atoms with Gasteiger partial charge in [-0.15, -0.1) is 0 Å². The summed E-state index contributed by atoms with van der Waals surface area (Å²) in [6, 6.07) is -0.506. The zero-order valence-corrected chi connectivity index (χ0v) is 12.0. The minimum Gasteiger partial charge on any atom is -0.496 e. The van der Waals surface area contributed by atoms with Gasteiger partial charge >= 0.3 is 0 Å². The van der Waals surface area contributed by atoms with Gasteiger partial charge in [0.25, 0.3) is 0 Å². The van der Waals surface area contributed by atoms with Crippen molar-refractivity contribution in [3.8, 4) is 5.75 Å². The summed E-state index contributed by atoms with van der Waals surface area (Å²) >= 11 is 0. The van der Waals surface area contributed by atoms with Gasteiger partial charge in [0.15, 0.2) is 5.78 Å². The highest BCUT2D eigenvalue weighted by Crippen LogP contribution is 2.24. The summed E-state index contributed by atoms with van der Waals surface area (Å²) in [5, 5.41) is 0. The first-order valence-corrected chi connectivity index (χ1v) is 6.27. The van der Waals surface area contributed by atoms with Gasteiger partial charge in [-0.05, 0) is 20.3 Å². The Morgan fingerprint density at radius 2 is 2.11 bits per heavy atom. The van der Waals surface area contributed by atoms with Crippen LogP contribution in [-0.4, -0.2) is 37.6 Å². The molecule has 106 valence electrons. The average molecular weight is 266 g/mol. The number of Topliss-reactive ketones (excluding diaryl/α,β-unsaturated/α-hetero) is 1. The van der Waals surface area contributed by atoms with Crippen molar-refractivity contribution in [2.24, 2.45) is 5.73 Å². The molecular formula is C14H22N2O3. The molecule has 0 aliphatic carbocycles. The summed E-state index contributed by atoms with van der Waals surface area (Å²) in [7, 11) is 3.21. The van der Waals surface area contributed by atoms with Crippen LogP contribution in [0.2, 0.25) is 0 Å². The Hall–Kier alpha value is -1.46. The number of nitrogens with zero attached hydrogens (tertiary/aromatic N) is 1. The Morgan fingerprint density at radius 1 is 1.42 bits per heavy atom. The van der Waals surface area contributed by atoms with Crippen LogP contribution in [0, 0.1) is 13.8 Å². The first-order chi connectivity index (χ1) is 9.01. The van der Waals surface area contributed by atoms with Crippen molar-refractivity contribution in [1.29, 1.82) is 0 Å². The Bertz CT molecular complexity index is 447. The Morgan fingerprint density at radius 3 is 2.68 bits per heavy atom. The molecule has 0 saturated carbocycles. The SMILES string of the molecule is COCCC(N)C(=O)Cc1ncc(C)c(OC)c1C. The Kier molecular flexibility index (Phi) is 5.92. The maximum absolute atomic E-state index is 12.0. The molecule has 2 N–H and O–H groups in total. The zero-order valence-electron chi connectivity index (χ0n) is 12.0. The molecule has 0 amide bonds. The number of aryl methyl sites for hydroxylation is 1. The van der Waals surface area contributed by atoms with Gasteiger partial charge in [-0.1, -0.05) is 0 Å². The highest BCUT2D eigenvalue weighted by molar-refractivity contribution is 5.85. The summed E-state index contributed by atoms with van der Waals surface area (Å²) in [4.78, 5) is 16.3. The summed E-state index contributed by atoms with van der Waals surface area (Å²) in [6.07, 6.45) is 2.47. The molecule has 0 bridgehead atoms. The standard InChI is InChI=1S/C14H22N2O3/c1-9-8-16-12(10(2)14(9)19-4)7-13(17)11(15)5-6-18-3/h8,11H,5-7,15H2,1-4H3. The second kappa shape index (κ2) is 7.21. The largest absolute Gasteiger partial charge is 0.496 e. The first kappa shape index (κ1) is 15.6. The van der Waals surface area contributed by atoms with Crippen LogP contribution in [0.1, 0.15) is 23.2 Å². The van der Waals surface area contributed by atoms with Gasteiger partial charge in [0, 0.05) is 31.0 Å². The number of aromatic nitrogens is 1. The van der Waals surface area contributed by atoms with Crippen molar-refractivity contribution < 1.29 is 14.3 Å². The van der Waals surface area contributed by atoms with E-state index in [0.717, 1.165) is 22.6 Å². The highest BCUT2D eigenvalue weighted by Gasteiger charge is 2.17. The van der Waals surface area contributed by atoms with Crippen LogP contribution in [0.3, 0.4) is 0 Å². The molecule has 1 unspecified atom stereocenters.